The van der Waals surface area contributed by atoms with Crippen LogP contribution < -0.4 is 10.1 Å². The van der Waals surface area contributed by atoms with E-state index < -0.39 is 0 Å². The number of nitrogens with one attached hydrogen (secondary N) is 1. The lowest BCUT2D eigenvalue weighted by atomic mass is 10.2. The van der Waals surface area contributed by atoms with E-state index in [0.29, 0.717) is 28.0 Å². The lowest BCUT2D eigenvalue weighted by Gasteiger charge is -2.08. The number of benzene rings is 1. The molecule has 0 bridgehead atoms. The zero-order chi connectivity index (χ0) is 18.7. The highest BCUT2D eigenvalue weighted by Gasteiger charge is 2.11. The van der Waals surface area contributed by atoms with Gasteiger partial charge in [0.25, 0.3) is 5.91 Å². The fourth-order valence-electron chi connectivity index (χ4n) is 2.37. The van der Waals surface area contributed by atoms with Gasteiger partial charge in [0.2, 0.25) is 0 Å². The van der Waals surface area contributed by atoms with Crippen LogP contribution in [0, 0.1) is 6.92 Å². The fraction of sp³-hybridized carbons (Fsp3) is 0.235. The normalized spacial score (nSPS) is 10.8. The third kappa shape index (κ3) is 4.36. The van der Waals surface area contributed by atoms with E-state index in [9.17, 15) is 4.79 Å². The Morgan fingerprint density at radius 1 is 1.27 bits per heavy atom. The summed E-state index contributed by atoms with van der Waals surface area (Å²) in [4.78, 5) is 12.2. The summed E-state index contributed by atoms with van der Waals surface area (Å²) >= 11 is 11.9. The van der Waals surface area contributed by atoms with Crippen LogP contribution in [-0.2, 0) is 20.3 Å². The summed E-state index contributed by atoms with van der Waals surface area (Å²) in [6, 6.07) is 6.59. The number of carbonyl (C=O) groups excluding carboxylic acids is 1. The van der Waals surface area contributed by atoms with Crippen molar-refractivity contribution in [3.8, 4) is 5.75 Å². The average Bonchev–Trinajstić information content (AvgIpc) is 3.18. The van der Waals surface area contributed by atoms with Gasteiger partial charge in [-0.25, -0.2) is 4.68 Å². The van der Waals surface area contributed by atoms with Gasteiger partial charge in [-0.15, -0.1) is 0 Å². The molecule has 0 saturated heterocycles. The van der Waals surface area contributed by atoms with E-state index in [1.165, 1.54) is 4.68 Å². The van der Waals surface area contributed by atoms with Gasteiger partial charge < -0.3 is 10.1 Å². The summed E-state index contributed by atoms with van der Waals surface area (Å²) in [6.07, 6.45) is 3.53. The zero-order valence-electron chi connectivity index (χ0n) is 14.2. The molecule has 1 amide bonds. The average molecular weight is 394 g/mol. The molecule has 0 unspecified atom stereocenters. The van der Waals surface area contributed by atoms with Crippen molar-refractivity contribution in [2.45, 2.75) is 20.2 Å². The van der Waals surface area contributed by atoms with Crippen molar-refractivity contribution >= 4 is 29.1 Å². The molecule has 9 heteroatoms. The Kier molecular flexibility index (Phi) is 5.49. The molecule has 0 aliphatic heterocycles. The molecule has 2 heterocycles. The molecule has 1 aromatic carbocycles. The van der Waals surface area contributed by atoms with Crippen LogP contribution in [-0.4, -0.2) is 25.5 Å². The van der Waals surface area contributed by atoms with Crippen LogP contribution in [0.1, 0.15) is 21.7 Å². The first-order valence-corrected chi connectivity index (χ1v) is 8.56. The van der Waals surface area contributed by atoms with E-state index in [0.717, 1.165) is 11.3 Å². The summed E-state index contributed by atoms with van der Waals surface area (Å²) in [5.74, 6) is 0.223. The number of aromatic nitrogens is 4. The van der Waals surface area contributed by atoms with Gasteiger partial charge in [0.15, 0.2) is 6.73 Å². The highest BCUT2D eigenvalue weighted by molar-refractivity contribution is 6.35. The SMILES string of the molecule is Cc1nn(C)cc1CNC(=O)c1ccn(COc2ccc(Cl)cc2Cl)n1. The van der Waals surface area contributed by atoms with Crippen molar-refractivity contribution in [2.24, 2.45) is 7.05 Å². The lowest BCUT2D eigenvalue weighted by Crippen LogP contribution is -2.23. The van der Waals surface area contributed by atoms with Crippen LogP contribution >= 0.6 is 23.2 Å². The predicted molar refractivity (Wildman–Crippen MR) is 98.4 cm³/mol. The molecule has 2 aromatic heterocycles. The van der Waals surface area contributed by atoms with Crippen LogP contribution in [0.25, 0.3) is 0 Å². The number of hydrogen-bond acceptors (Lipinski definition) is 4. The van der Waals surface area contributed by atoms with Crippen LogP contribution in [0.3, 0.4) is 0 Å². The van der Waals surface area contributed by atoms with Gasteiger partial charge in [-0.05, 0) is 31.2 Å². The Morgan fingerprint density at radius 2 is 2.08 bits per heavy atom. The minimum atomic E-state index is -0.267. The Balaban J connectivity index is 1.56. The Morgan fingerprint density at radius 3 is 2.77 bits per heavy atom. The molecule has 26 heavy (non-hydrogen) atoms. The first-order chi connectivity index (χ1) is 12.4. The van der Waals surface area contributed by atoms with Crippen molar-refractivity contribution in [3.63, 3.8) is 0 Å². The van der Waals surface area contributed by atoms with E-state index >= 15 is 0 Å². The summed E-state index contributed by atoms with van der Waals surface area (Å²) in [6.45, 7) is 2.41. The van der Waals surface area contributed by atoms with E-state index in [4.69, 9.17) is 27.9 Å². The van der Waals surface area contributed by atoms with Gasteiger partial charge in [0.1, 0.15) is 11.4 Å². The first-order valence-electron chi connectivity index (χ1n) is 7.81. The molecule has 0 radical (unpaired) electrons. The second-order valence-corrected chi connectivity index (χ2v) is 6.53. The van der Waals surface area contributed by atoms with Crippen molar-refractivity contribution in [2.75, 3.05) is 0 Å². The number of halogens is 2. The standard InChI is InChI=1S/C17H17Cl2N5O2/c1-11-12(9-23(2)21-11)8-20-17(25)15-5-6-24(22-15)10-26-16-4-3-13(18)7-14(16)19/h3-7,9H,8,10H2,1-2H3,(H,20,25). The van der Waals surface area contributed by atoms with Crippen LogP contribution in [0.5, 0.6) is 5.75 Å². The number of carbonyl (C=O) groups is 1. The van der Waals surface area contributed by atoms with Gasteiger partial charge >= 0.3 is 0 Å². The smallest absolute Gasteiger partial charge is 0.272 e. The molecular weight excluding hydrogens is 377 g/mol. The fourth-order valence-corrected chi connectivity index (χ4v) is 2.83. The Labute approximate surface area is 160 Å². The van der Waals surface area contributed by atoms with Gasteiger partial charge in [-0.1, -0.05) is 23.2 Å². The highest BCUT2D eigenvalue weighted by atomic mass is 35.5. The first kappa shape index (κ1) is 18.3. The number of hydrogen-bond donors (Lipinski definition) is 1. The van der Waals surface area contributed by atoms with Gasteiger partial charge in [-0.3, -0.25) is 9.48 Å². The Bertz CT molecular complexity index is 935. The van der Waals surface area contributed by atoms with Crippen molar-refractivity contribution in [1.29, 1.82) is 0 Å². The molecule has 1 N–H and O–H groups in total. The molecule has 3 rings (SSSR count). The molecule has 7 nitrogen and oxygen atoms in total. The second-order valence-electron chi connectivity index (χ2n) is 5.68. The molecule has 3 aromatic rings. The third-order valence-corrected chi connectivity index (χ3v) is 4.20. The maximum Gasteiger partial charge on any atom is 0.272 e. The van der Waals surface area contributed by atoms with E-state index in [-0.39, 0.29) is 12.6 Å². The summed E-state index contributed by atoms with van der Waals surface area (Å²) in [7, 11) is 1.84. The van der Waals surface area contributed by atoms with Crippen LogP contribution in [0.4, 0.5) is 0 Å². The van der Waals surface area contributed by atoms with Gasteiger partial charge in [-0.2, -0.15) is 10.2 Å². The largest absolute Gasteiger partial charge is 0.470 e. The molecule has 0 atom stereocenters. The quantitative estimate of drug-likeness (QED) is 0.697. The molecule has 0 fully saturated rings. The minimum absolute atomic E-state index is 0.121. The van der Waals surface area contributed by atoms with E-state index in [1.807, 2.05) is 20.2 Å². The second kappa shape index (κ2) is 7.80. The summed E-state index contributed by atoms with van der Waals surface area (Å²) in [5.41, 5.74) is 2.14. The Hall–Kier alpha value is -2.51. The van der Waals surface area contributed by atoms with Crippen molar-refractivity contribution in [1.82, 2.24) is 24.9 Å². The molecule has 0 aliphatic rings. The minimum Gasteiger partial charge on any atom is -0.470 e. The van der Waals surface area contributed by atoms with Gasteiger partial charge in [0, 0.05) is 36.6 Å². The number of amides is 1. The zero-order valence-corrected chi connectivity index (χ0v) is 15.8. The maximum absolute atomic E-state index is 12.2. The number of rotatable bonds is 6. The highest BCUT2D eigenvalue weighted by Crippen LogP contribution is 2.27. The predicted octanol–water partition coefficient (Wildman–Crippen LogP) is 3.20. The molecule has 0 saturated carbocycles. The van der Waals surface area contributed by atoms with Crippen LogP contribution in [0.2, 0.25) is 10.0 Å². The molecule has 0 spiro atoms. The van der Waals surface area contributed by atoms with Crippen molar-refractivity contribution < 1.29 is 9.53 Å². The van der Waals surface area contributed by atoms with Gasteiger partial charge in [0.05, 0.1) is 10.7 Å². The molecule has 0 aliphatic carbocycles. The number of ether oxygens (including phenoxy) is 1. The molecule has 136 valence electrons. The number of aryl methyl sites for hydroxylation is 2. The van der Waals surface area contributed by atoms with Crippen LogP contribution in [0.15, 0.2) is 36.7 Å². The summed E-state index contributed by atoms with van der Waals surface area (Å²) < 4.78 is 8.81. The number of nitrogens with zero attached hydrogens (tertiary/aromatic N) is 4. The van der Waals surface area contributed by atoms with E-state index in [2.05, 4.69) is 15.5 Å². The van der Waals surface area contributed by atoms with E-state index in [1.54, 1.807) is 35.1 Å². The maximum atomic E-state index is 12.2. The molecular formula is C17H17Cl2N5O2. The summed E-state index contributed by atoms with van der Waals surface area (Å²) in [5, 5.41) is 12.2. The monoisotopic (exact) mass is 393 g/mol. The topological polar surface area (TPSA) is 74.0 Å². The lowest BCUT2D eigenvalue weighted by molar-refractivity contribution is 0.0944. The third-order valence-electron chi connectivity index (χ3n) is 3.67. The van der Waals surface area contributed by atoms with Crippen molar-refractivity contribution in [3.05, 3.63) is 63.7 Å².